The molecule has 0 bridgehead atoms. The van der Waals surface area contributed by atoms with E-state index in [0.717, 1.165) is 33.9 Å². The molecule has 0 amide bonds. The van der Waals surface area contributed by atoms with Gasteiger partial charge in [0.25, 0.3) is 0 Å². The molecule has 6 heteroatoms. The first-order valence-corrected chi connectivity index (χ1v) is 8.08. The molecule has 0 fully saturated rings. The summed E-state index contributed by atoms with van der Waals surface area (Å²) < 4.78 is 0. The smallest absolute Gasteiger partial charge is 0.132 e. The first-order chi connectivity index (χ1) is 12.7. The second kappa shape index (κ2) is 6.60. The Labute approximate surface area is 150 Å². The van der Waals surface area contributed by atoms with Gasteiger partial charge in [-0.1, -0.05) is 12.1 Å². The van der Waals surface area contributed by atoms with Crippen LogP contribution >= 0.6 is 0 Å². The predicted molar refractivity (Wildman–Crippen MR) is 103 cm³/mol. The van der Waals surface area contributed by atoms with Gasteiger partial charge in [0, 0.05) is 23.5 Å². The van der Waals surface area contributed by atoms with Crippen LogP contribution in [0, 0.1) is 0 Å². The lowest BCUT2D eigenvalue weighted by atomic mass is 10.1. The second-order valence-electron chi connectivity index (χ2n) is 5.69. The van der Waals surface area contributed by atoms with Crippen molar-refractivity contribution in [1.82, 2.24) is 19.9 Å². The van der Waals surface area contributed by atoms with Gasteiger partial charge in [0.05, 0.1) is 22.8 Å². The zero-order chi connectivity index (χ0) is 17.9. The molecule has 4 aromatic rings. The average Bonchev–Trinajstić information content (AvgIpc) is 2.69. The molecule has 0 aromatic carbocycles. The number of anilines is 2. The summed E-state index contributed by atoms with van der Waals surface area (Å²) in [5, 5.41) is 0. The summed E-state index contributed by atoms with van der Waals surface area (Å²) in [5.41, 5.74) is 16.5. The largest absolute Gasteiger partial charge is 0.383 e. The Morgan fingerprint density at radius 2 is 0.923 bits per heavy atom. The quantitative estimate of drug-likeness (QED) is 0.592. The van der Waals surface area contributed by atoms with Crippen LogP contribution in [0.5, 0.6) is 0 Å². The van der Waals surface area contributed by atoms with Crippen molar-refractivity contribution in [3.8, 4) is 33.9 Å². The van der Waals surface area contributed by atoms with E-state index >= 15 is 0 Å². The normalized spacial score (nSPS) is 10.6. The van der Waals surface area contributed by atoms with Crippen LogP contribution in [0.4, 0.5) is 11.6 Å². The van der Waals surface area contributed by atoms with E-state index in [4.69, 9.17) is 21.4 Å². The Morgan fingerprint density at radius 1 is 0.500 bits per heavy atom. The van der Waals surface area contributed by atoms with E-state index in [2.05, 4.69) is 9.97 Å². The number of nitrogen functional groups attached to an aromatic ring is 2. The van der Waals surface area contributed by atoms with Crippen LogP contribution < -0.4 is 11.5 Å². The van der Waals surface area contributed by atoms with E-state index in [9.17, 15) is 0 Å². The van der Waals surface area contributed by atoms with Crippen LogP contribution in [0.25, 0.3) is 33.9 Å². The van der Waals surface area contributed by atoms with Crippen LogP contribution in [0.3, 0.4) is 0 Å². The highest BCUT2D eigenvalue weighted by atomic mass is 14.9. The minimum Gasteiger partial charge on any atom is -0.383 e. The van der Waals surface area contributed by atoms with Gasteiger partial charge in [-0.15, -0.1) is 0 Å². The van der Waals surface area contributed by atoms with Crippen molar-refractivity contribution in [3.05, 3.63) is 73.1 Å². The van der Waals surface area contributed by atoms with Gasteiger partial charge in [0.15, 0.2) is 0 Å². The van der Waals surface area contributed by atoms with Crippen LogP contribution in [-0.4, -0.2) is 19.9 Å². The summed E-state index contributed by atoms with van der Waals surface area (Å²) in [6.45, 7) is 0. The van der Waals surface area contributed by atoms with E-state index in [1.165, 1.54) is 0 Å². The topological polar surface area (TPSA) is 104 Å². The lowest BCUT2D eigenvalue weighted by molar-refractivity contribution is 1.23. The SMILES string of the molecule is Nc1ncccc1-c1cccc(-c2cccc(-c3cccnc3N)n2)n1. The molecule has 0 unspecified atom stereocenters. The molecule has 4 rings (SSSR count). The summed E-state index contributed by atoms with van der Waals surface area (Å²) in [6, 6.07) is 19.0. The third kappa shape index (κ3) is 2.95. The lowest BCUT2D eigenvalue weighted by Crippen LogP contribution is -1.97. The van der Waals surface area contributed by atoms with Gasteiger partial charge >= 0.3 is 0 Å². The summed E-state index contributed by atoms with van der Waals surface area (Å²) in [6.07, 6.45) is 3.32. The molecule has 26 heavy (non-hydrogen) atoms. The van der Waals surface area contributed by atoms with Gasteiger partial charge in [-0.05, 0) is 48.5 Å². The van der Waals surface area contributed by atoms with E-state index in [-0.39, 0.29) is 0 Å². The third-order valence-corrected chi connectivity index (χ3v) is 3.99. The molecule has 0 saturated heterocycles. The molecule has 4 N–H and O–H groups in total. The second-order valence-corrected chi connectivity index (χ2v) is 5.69. The number of hydrogen-bond acceptors (Lipinski definition) is 6. The van der Waals surface area contributed by atoms with Crippen molar-refractivity contribution in [2.75, 3.05) is 11.5 Å². The van der Waals surface area contributed by atoms with Crippen LogP contribution in [0.1, 0.15) is 0 Å². The Morgan fingerprint density at radius 3 is 1.35 bits per heavy atom. The molecule has 0 aliphatic heterocycles. The molecule has 0 saturated carbocycles. The third-order valence-electron chi connectivity index (χ3n) is 3.99. The zero-order valence-corrected chi connectivity index (χ0v) is 13.9. The molecule has 126 valence electrons. The van der Waals surface area contributed by atoms with E-state index in [1.807, 2.05) is 60.7 Å². The van der Waals surface area contributed by atoms with Crippen LogP contribution in [-0.2, 0) is 0 Å². The molecule has 4 heterocycles. The van der Waals surface area contributed by atoms with Crippen LogP contribution in [0.2, 0.25) is 0 Å². The van der Waals surface area contributed by atoms with E-state index in [1.54, 1.807) is 12.4 Å². The lowest BCUT2D eigenvalue weighted by Gasteiger charge is -2.08. The van der Waals surface area contributed by atoms with Crippen molar-refractivity contribution in [2.24, 2.45) is 0 Å². The number of nitrogens with two attached hydrogens (primary N) is 2. The maximum Gasteiger partial charge on any atom is 0.132 e. The number of nitrogens with zero attached hydrogens (tertiary/aromatic N) is 4. The molecule has 0 aliphatic carbocycles. The number of rotatable bonds is 3. The average molecular weight is 340 g/mol. The zero-order valence-electron chi connectivity index (χ0n) is 13.9. The van der Waals surface area contributed by atoms with Crippen molar-refractivity contribution in [2.45, 2.75) is 0 Å². The first kappa shape index (κ1) is 15.7. The Bertz CT molecular complexity index is 990. The summed E-state index contributed by atoms with van der Waals surface area (Å²) in [5.74, 6) is 0.893. The van der Waals surface area contributed by atoms with Crippen molar-refractivity contribution in [3.63, 3.8) is 0 Å². The molecule has 6 nitrogen and oxygen atoms in total. The summed E-state index contributed by atoms with van der Waals surface area (Å²) in [4.78, 5) is 17.6. The Balaban J connectivity index is 1.78. The molecule has 0 radical (unpaired) electrons. The Kier molecular flexibility index (Phi) is 3.99. The predicted octanol–water partition coefficient (Wildman–Crippen LogP) is 3.43. The molecule has 0 atom stereocenters. The molecule has 0 spiro atoms. The summed E-state index contributed by atoms with van der Waals surface area (Å²) in [7, 11) is 0. The van der Waals surface area contributed by atoms with Crippen molar-refractivity contribution in [1.29, 1.82) is 0 Å². The van der Waals surface area contributed by atoms with Gasteiger partial charge in [-0.3, -0.25) is 0 Å². The standard InChI is InChI=1S/C20H16N6/c21-19-13(5-3-11-23-19)15-7-1-9-17(25-15)18-10-2-8-16(26-18)14-6-4-12-24-20(14)22/h1-12H,(H2,21,23)(H2,22,24). The fourth-order valence-corrected chi connectivity index (χ4v) is 2.72. The number of aromatic nitrogens is 4. The maximum atomic E-state index is 5.97. The van der Waals surface area contributed by atoms with Gasteiger partial charge in [-0.2, -0.15) is 0 Å². The molecule has 0 aliphatic rings. The van der Waals surface area contributed by atoms with Gasteiger partial charge in [0.2, 0.25) is 0 Å². The Hall–Kier alpha value is -3.80. The highest BCUT2D eigenvalue weighted by Crippen LogP contribution is 2.27. The highest BCUT2D eigenvalue weighted by Gasteiger charge is 2.10. The maximum absolute atomic E-state index is 5.97. The molecular formula is C20H16N6. The van der Waals surface area contributed by atoms with Crippen LogP contribution in [0.15, 0.2) is 73.1 Å². The molecule has 4 aromatic heterocycles. The molecular weight excluding hydrogens is 324 g/mol. The van der Waals surface area contributed by atoms with E-state index < -0.39 is 0 Å². The minimum atomic E-state index is 0.446. The summed E-state index contributed by atoms with van der Waals surface area (Å²) >= 11 is 0. The highest BCUT2D eigenvalue weighted by molar-refractivity contribution is 5.74. The van der Waals surface area contributed by atoms with Gasteiger partial charge < -0.3 is 11.5 Å². The number of hydrogen-bond donors (Lipinski definition) is 2. The minimum absolute atomic E-state index is 0.446. The van der Waals surface area contributed by atoms with Gasteiger partial charge in [0.1, 0.15) is 11.6 Å². The monoisotopic (exact) mass is 340 g/mol. The van der Waals surface area contributed by atoms with Crippen molar-refractivity contribution < 1.29 is 0 Å². The fraction of sp³-hybridized carbons (Fsp3) is 0. The first-order valence-electron chi connectivity index (χ1n) is 8.08. The number of pyridine rings is 4. The van der Waals surface area contributed by atoms with E-state index in [0.29, 0.717) is 11.6 Å². The fourth-order valence-electron chi connectivity index (χ4n) is 2.72. The van der Waals surface area contributed by atoms with Crippen molar-refractivity contribution >= 4 is 11.6 Å². The van der Waals surface area contributed by atoms with Gasteiger partial charge in [-0.25, -0.2) is 19.9 Å².